The van der Waals surface area contributed by atoms with Crippen molar-refractivity contribution >= 4 is 0 Å². The van der Waals surface area contributed by atoms with Gasteiger partial charge >= 0.3 is 0 Å². The van der Waals surface area contributed by atoms with Crippen molar-refractivity contribution in [1.29, 1.82) is 0 Å². The van der Waals surface area contributed by atoms with Gasteiger partial charge in [0.15, 0.2) is 0 Å². The van der Waals surface area contributed by atoms with Gasteiger partial charge in [-0.3, -0.25) is 0 Å². The van der Waals surface area contributed by atoms with Crippen LogP contribution in [0.15, 0.2) is 12.1 Å². The number of nitrogens with two attached hydrogens (primary N) is 1. The summed E-state index contributed by atoms with van der Waals surface area (Å²) in [7, 11) is 6.05. The lowest BCUT2D eigenvalue weighted by molar-refractivity contribution is 0.122. The minimum Gasteiger partial charge on any atom is -0.496 e. The molecule has 2 N–H and O–H groups in total. The number of ether oxygens (including phenoxy) is 1. The van der Waals surface area contributed by atoms with E-state index in [-0.39, 0.29) is 11.6 Å². The Morgan fingerprint density at radius 1 is 1.20 bits per heavy atom. The van der Waals surface area contributed by atoms with E-state index in [0.717, 1.165) is 18.6 Å². The van der Waals surface area contributed by atoms with Gasteiger partial charge < -0.3 is 15.4 Å². The predicted molar refractivity (Wildman–Crippen MR) is 84.3 cm³/mol. The molecule has 1 fully saturated rings. The monoisotopic (exact) mass is 276 g/mol. The molecule has 1 saturated carbocycles. The van der Waals surface area contributed by atoms with Crippen LogP contribution in [-0.2, 0) is 0 Å². The number of benzene rings is 1. The maximum Gasteiger partial charge on any atom is 0.124 e. The zero-order valence-electron chi connectivity index (χ0n) is 13.5. The summed E-state index contributed by atoms with van der Waals surface area (Å²) in [6.07, 6.45) is 4.85. The Morgan fingerprint density at radius 2 is 1.80 bits per heavy atom. The Bertz CT molecular complexity index is 476. The van der Waals surface area contributed by atoms with E-state index in [1.54, 1.807) is 7.11 Å². The first kappa shape index (κ1) is 15.3. The van der Waals surface area contributed by atoms with E-state index in [4.69, 9.17) is 10.5 Å². The van der Waals surface area contributed by atoms with Crippen LogP contribution in [-0.4, -0.2) is 31.6 Å². The molecule has 3 nitrogen and oxygen atoms in total. The number of methoxy groups -OCH3 is 1. The van der Waals surface area contributed by atoms with E-state index in [0.29, 0.717) is 0 Å². The Balaban J connectivity index is 2.49. The van der Waals surface area contributed by atoms with E-state index >= 15 is 0 Å². The Kier molecular flexibility index (Phi) is 4.40. The highest BCUT2D eigenvalue weighted by molar-refractivity contribution is 5.46. The van der Waals surface area contributed by atoms with Crippen molar-refractivity contribution in [2.45, 2.75) is 51.1 Å². The minimum absolute atomic E-state index is 0.00412. The fourth-order valence-corrected chi connectivity index (χ4v) is 3.80. The van der Waals surface area contributed by atoms with Crippen LogP contribution in [0.5, 0.6) is 5.75 Å². The lowest BCUT2D eigenvalue weighted by Crippen LogP contribution is -2.50. The van der Waals surface area contributed by atoms with Gasteiger partial charge in [0.2, 0.25) is 0 Å². The molecule has 1 aromatic rings. The summed E-state index contributed by atoms with van der Waals surface area (Å²) in [5, 5.41) is 0. The van der Waals surface area contributed by atoms with Crippen LogP contribution in [0.4, 0.5) is 0 Å². The summed E-state index contributed by atoms with van der Waals surface area (Å²) in [5.41, 5.74) is 10.4. The van der Waals surface area contributed by atoms with Crippen LogP contribution < -0.4 is 10.5 Å². The standard InChI is InChI=1S/C17H28N2O/c1-12-10-13(2)15(14(11-12)20-5)16(18)17(19(3)4)8-6-7-9-17/h10-11,16H,6-9,18H2,1-5H3. The molecule has 1 aliphatic carbocycles. The van der Waals surface area contributed by atoms with Crippen LogP contribution in [0.1, 0.15) is 48.4 Å². The summed E-state index contributed by atoms with van der Waals surface area (Å²) < 4.78 is 5.61. The van der Waals surface area contributed by atoms with Crippen LogP contribution in [0.25, 0.3) is 0 Å². The maximum atomic E-state index is 6.74. The molecule has 20 heavy (non-hydrogen) atoms. The number of rotatable bonds is 4. The molecule has 0 radical (unpaired) electrons. The first-order valence-electron chi connectivity index (χ1n) is 7.50. The molecule has 0 aliphatic heterocycles. The zero-order valence-corrected chi connectivity index (χ0v) is 13.5. The molecule has 1 aromatic carbocycles. The van der Waals surface area contributed by atoms with Gasteiger partial charge in [-0.1, -0.05) is 18.9 Å². The fourth-order valence-electron chi connectivity index (χ4n) is 3.80. The Hall–Kier alpha value is -1.06. The van der Waals surface area contributed by atoms with E-state index in [9.17, 15) is 0 Å². The molecule has 2 rings (SSSR count). The van der Waals surface area contributed by atoms with Gasteiger partial charge in [-0.05, 0) is 58.0 Å². The van der Waals surface area contributed by atoms with Gasteiger partial charge in [0, 0.05) is 11.1 Å². The van der Waals surface area contributed by atoms with Crippen molar-refractivity contribution in [1.82, 2.24) is 4.90 Å². The lowest BCUT2D eigenvalue weighted by Gasteiger charge is -2.42. The molecule has 1 unspecified atom stereocenters. The molecule has 1 aliphatic rings. The second kappa shape index (κ2) is 5.74. The first-order valence-corrected chi connectivity index (χ1v) is 7.50. The zero-order chi connectivity index (χ0) is 14.9. The topological polar surface area (TPSA) is 38.5 Å². The Morgan fingerprint density at radius 3 is 2.30 bits per heavy atom. The highest BCUT2D eigenvalue weighted by Gasteiger charge is 2.43. The second-order valence-corrected chi connectivity index (χ2v) is 6.38. The Labute approximate surface area is 123 Å². The van der Waals surface area contributed by atoms with Crippen LogP contribution in [0.3, 0.4) is 0 Å². The lowest BCUT2D eigenvalue weighted by atomic mass is 9.81. The normalized spacial score (nSPS) is 19.4. The van der Waals surface area contributed by atoms with E-state index in [1.807, 2.05) is 0 Å². The SMILES string of the molecule is COc1cc(C)cc(C)c1C(N)C1(N(C)C)CCCC1. The molecule has 0 amide bonds. The quantitative estimate of drug-likeness (QED) is 0.918. The van der Waals surface area contributed by atoms with Gasteiger partial charge in [-0.2, -0.15) is 0 Å². The summed E-state index contributed by atoms with van der Waals surface area (Å²) in [4.78, 5) is 2.32. The number of likely N-dealkylation sites (N-methyl/N-ethyl adjacent to an activating group) is 1. The van der Waals surface area contributed by atoms with Gasteiger partial charge in [-0.15, -0.1) is 0 Å². The van der Waals surface area contributed by atoms with Crippen molar-refractivity contribution in [3.63, 3.8) is 0 Å². The molecule has 112 valence electrons. The van der Waals surface area contributed by atoms with Gasteiger partial charge in [-0.25, -0.2) is 0 Å². The number of hydrogen-bond donors (Lipinski definition) is 1. The van der Waals surface area contributed by atoms with Crippen LogP contribution in [0, 0.1) is 13.8 Å². The average Bonchev–Trinajstić information content (AvgIpc) is 2.87. The summed E-state index contributed by atoms with van der Waals surface area (Å²) >= 11 is 0. The van der Waals surface area contributed by atoms with Crippen molar-refractivity contribution in [2.75, 3.05) is 21.2 Å². The van der Waals surface area contributed by atoms with Gasteiger partial charge in [0.05, 0.1) is 13.2 Å². The molecule has 0 bridgehead atoms. The van der Waals surface area contributed by atoms with E-state index in [2.05, 4.69) is 45.0 Å². The number of aryl methyl sites for hydroxylation is 2. The highest BCUT2D eigenvalue weighted by atomic mass is 16.5. The highest BCUT2D eigenvalue weighted by Crippen LogP contribution is 2.45. The molecule has 0 aromatic heterocycles. The van der Waals surface area contributed by atoms with Crippen LogP contribution >= 0.6 is 0 Å². The summed E-state index contributed by atoms with van der Waals surface area (Å²) in [5.74, 6) is 0.933. The van der Waals surface area contributed by atoms with E-state index in [1.165, 1.54) is 29.5 Å². The molecule has 0 heterocycles. The summed E-state index contributed by atoms with van der Waals surface area (Å²) in [6, 6.07) is 4.30. The predicted octanol–water partition coefficient (Wildman–Crippen LogP) is 3.19. The average molecular weight is 276 g/mol. The van der Waals surface area contributed by atoms with Gasteiger partial charge in [0.1, 0.15) is 5.75 Å². The molecule has 0 saturated heterocycles. The maximum absolute atomic E-state index is 6.74. The first-order chi connectivity index (χ1) is 9.42. The minimum atomic E-state index is -0.00412. The third kappa shape index (κ3) is 2.45. The molecule has 0 spiro atoms. The van der Waals surface area contributed by atoms with Crippen molar-refractivity contribution in [2.24, 2.45) is 5.73 Å². The van der Waals surface area contributed by atoms with Crippen molar-refractivity contribution < 1.29 is 4.74 Å². The largest absolute Gasteiger partial charge is 0.496 e. The molecule has 3 heteroatoms. The third-order valence-electron chi connectivity index (χ3n) is 4.96. The molecule has 1 atom stereocenters. The number of nitrogens with zero attached hydrogens (tertiary/aromatic N) is 1. The smallest absolute Gasteiger partial charge is 0.124 e. The third-order valence-corrected chi connectivity index (χ3v) is 4.96. The van der Waals surface area contributed by atoms with Crippen molar-refractivity contribution in [3.8, 4) is 5.75 Å². The fraction of sp³-hybridized carbons (Fsp3) is 0.647. The molecular formula is C17H28N2O. The van der Waals surface area contributed by atoms with Gasteiger partial charge in [0.25, 0.3) is 0 Å². The van der Waals surface area contributed by atoms with Crippen molar-refractivity contribution in [3.05, 3.63) is 28.8 Å². The van der Waals surface area contributed by atoms with E-state index < -0.39 is 0 Å². The summed E-state index contributed by atoms with van der Waals surface area (Å²) in [6.45, 7) is 4.24. The molecular weight excluding hydrogens is 248 g/mol. The second-order valence-electron chi connectivity index (χ2n) is 6.38. The number of hydrogen-bond acceptors (Lipinski definition) is 3. The van der Waals surface area contributed by atoms with Crippen LogP contribution in [0.2, 0.25) is 0 Å².